The van der Waals surface area contributed by atoms with Crippen LogP contribution in [-0.2, 0) is 20.8 Å². The van der Waals surface area contributed by atoms with E-state index in [2.05, 4.69) is 0 Å². The Morgan fingerprint density at radius 3 is 2.53 bits per heavy atom. The lowest BCUT2D eigenvalue weighted by atomic mass is 10.2. The number of benzene rings is 1. The van der Waals surface area contributed by atoms with Crippen LogP contribution in [0, 0.1) is 0 Å². The second-order valence-corrected chi connectivity index (χ2v) is 3.14. The Morgan fingerprint density at radius 2 is 1.87 bits per heavy atom. The van der Waals surface area contributed by atoms with Gasteiger partial charge in [0.05, 0.1) is 6.61 Å². The number of hydrogen-bond donors (Lipinski definition) is 0. The van der Waals surface area contributed by atoms with Gasteiger partial charge in [0.25, 0.3) is 0 Å². The van der Waals surface area contributed by atoms with Gasteiger partial charge in [0.15, 0.2) is 6.29 Å². The Balaban J connectivity index is 2.14. The van der Waals surface area contributed by atoms with Crippen molar-refractivity contribution in [3.63, 3.8) is 0 Å². The first-order valence-corrected chi connectivity index (χ1v) is 5.17. The van der Waals surface area contributed by atoms with Crippen molar-refractivity contribution in [2.45, 2.75) is 26.7 Å². The van der Waals surface area contributed by atoms with E-state index < -0.39 is 0 Å². The molecular weight excluding hydrogens is 192 g/mol. The number of ether oxygens (including phenoxy) is 3. The molecule has 3 heteroatoms. The van der Waals surface area contributed by atoms with Gasteiger partial charge < -0.3 is 14.2 Å². The van der Waals surface area contributed by atoms with E-state index in [0.29, 0.717) is 13.2 Å². The van der Waals surface area contributed by atoms with Crippen LogP contribution in [-0.4, -0.2) is 19.7 Å². The molecule has 1 atom stereocenters. The first kappa shape index (κ1) is 12.2. The van der Waals surface area contributed by atoms with E-state index in [4.69, 9.17) is 14.2 Å². The fourth-order valence-corrected chi connectivity index (χ4v) is 1.06. The minimum Gasteiger partial charge on any atom is -0.356 e. The maximum atomic E-state index is 5.47. The van der Waals surface area contributed by atoms with Gasteiger partial charge in [-0.1, -0.05) is 30.3 Å². The fourth-order valence-electron chi connectivity index (χ4n) is 1.06. The van der Waals surface area contributed by atoms with Gasteiger partial charge in [-0.3, -0.25) is 0 Å². The van der Waals surface area contributed by atoms with E-state index in [9.17, 15) is 0 Å². The molecule has 1 aromatic rings. The summed E-state index contributed by atoms with van der Waals surface area (Å²) >= 11 is 0. The van der Waals surface area contributed by atoms with Gasteiger partial charge in [0.2, 0.25) is 0 Å². The normalized spacial score (nSPS) is 12.7. The molecule has 0 N–H and O–H groups in total. The van der Waals surface area contributed by atoms with E-state index >= 15 is 0 Å². The summed E-state index contributed by atoms with van der Waals surface area (Å²) in [5, 5.41) is 0. The molecule has 0 fully saturated rings. The minimum absolute atomic E-state index is 0.239. The minimum atomic E-state index is -0.239. The summed E-state index contributed by atoms with van der Waals surface area (Å²) in [7, 11) is 0. The monoisotopic (exact) mass is 210 g/mol. The zero-order valence-electron chi connectivity index (χ0n) is 9.31. The second kappa shape index (κ2) is 7.40. The molecule has 15 heavy (non-hydrogen) atoms. The number of hydrogen-bond acceptors (Lipinski definition) is 3. The molecule has 3 nitrogen and oxygen atoms in total. The highest BCUT2D eigenvalue weighted by atomic mass is 16.7. The van der Waals surface area contributed by atoms with Gasteiger partial charge in [0, 0.05) is 6.61 Å². The van der Waals surface area contributed by atoms with Crippen LogP contribution in [0.5, 0.6) is 0 Å². The SMILES string of the molecule is CCOCOC(C)OCc1ccccc1. The van der Waals surface area contributed by atoms with Gasteiger partial charge in [-0.2, -0.15) is 0 Å². The van der Waals surface area contributed by atoms with Crippen molar-refractivity contribution in [2.75, 3.05) is 13.4 Å². The summed E-state index contributed by atoms with van der Waals surface area (Å²) in [4.78, 5) is 0. The molecule has 0 saturated heterocycles. The lowest BCUT2D eigenvalue weighted by Gasteiger charge is -2.13. The van der Waals surface area contributed by atoms with Crippen LogP contribution < -0.4 is 0 Å². The van der Waals surface area contributed by atoms with Crippen molar-refractivity contribution < 1.29 is 14.2 Å². The van der Waals surface area contributed by atoms with E-state index in [-0.39, 0.29) is 13.1 Å². The first-order chi connectivity index (χ1) is 7.33. The standard InChI is InChI=1S/C12H18O3/c1-3-13-10-15-11(2)14-9-12-7-5-4-6-8-12/h4-8,11H,3,9-10H2,1-2H3. The topological polar surface area (TPSA) is 27.7 Å². The van der Waals surface area contributed by atoms with Gasteiger partial charge in [-0.05, 0) is 19.4 Å². The summed E-state index contributed by atoms with van der Waals surface area (Å²) in [6.45, 7) is 5.30. The molecule has 84 valence electrons. The quantitative estimate of drug-likeness (QED) is 0.511. The van der Waals surface area contributed by atoms with Gasteiger partial charge >= 0.3 is 0 Å². The van der Waals surface area contributed by atoms with Gasteiger partial charge in [-0.25, -0.2) is 0 Å². The lowest BCUT2D eigenvalue weighted by Crippen LogP contribution is -2.15. The predicted octanol–water partition coefficient (Wildman–Crippen LogP) is 2.56. The van der Waals surface area contributed by atoms with Crippen LogP contribution in [0.3, 0.4) is 0 Å². The Bertz CT molecular complexity index is 248. The summed E-state index contributed by atoms with van der Waals surface area (Å²) < 4.78 is 15.8. The highest BCUT2D eigenvalue weighted by Crippen LogP contribution is 2.03. The van der Waals surface area contributed by atoms with Crippen LogP contribution in [0.2, 0.25) is 0 Å². The summed E-state index contributed by atoms with van der Waals surface area (Å²) in [6.07, 6.45) is -0.239. The summed E-state index contributed by atoms with van der Waals surface area (Å²) in [5.74, 6) is 0. The van der Waals surface area contributed by atoms with Crippen LogP contribution >= 0.6 is 0 Å². The maximum Gasteiger partial charge on any atom is 0.158 e. The maximum absolute atomic E-state index is 5.47. The zero-order chi connectivity index (χ0) is 10.9. The molecule has 0 heterocycles. The molecule has 0 aliphatic rings. The molecule has 0 saturated carbocycles. The molecular formula is C12H18O3. The Labute approximate surface area is 91.0 Å². The first-order valence-electron chi connectivity index (χ1n) is 5.17. The average Bonchev–Trinajstić information content (AvgIpc) is 2.28. The molecule has 0 aliphatic heterocycles. The molecule has 0 aromatic heterocycles. The van der Waals surface area contributed by atoms with Crippen LogP contribution in [0.15, 0.2) is 30.3 Å². The van der Waals surface area contributed by atoms with E-state index in [0.717, 1.165) is 5.56 Å². The molecule has 0 bridgehead atoms. The summed E-state index contributed by atoms with van der Waals surface area (Å²) in [5.41, 5.74) is 1.14. The third kappa shape index (κ3) is 5.52. The third-order valence-corrected chi connectivity index (χ3v) is 1.92. The van der Waals surface area contributed by atoms with Crippen LogP contribution in [0.25, 0.3) is 0 Å². The second-order valence-electron chi connectivity index (χ2n) is 3.14. The fraction of sp³-hybridized carbons (Fsp3) is 0.500. The van der Waals surface area contributed by atoms with Gasteiger partial charge in [-0.15, -0.1) is 0 Å². The molecule has 0 spiro atoms. The average molecular weight is 210 g/mol. The van der Waals surface area contributed by atoms with Crippen molar-refractivity contribution in [1.82, 2.24) is 0 Å². The number of rotatable bonds is 7. The smallest absolute Gasteiger partial charge is 0.158 e. The summed E-state index contributed by atoms with van der Waals surface area (Å²) in [6, 6.07) is 10.0. The van der Waals surface area contributed by atoms with Crippen molar-refractivity contribution in [3.8, 4) is 0 Å². The molecule has 0 amide bonds. The Morgan fingerprint density at radius 1 is 1.13 bits per heavy atom. The molecule has 0 aliphatic carbocycles. The molecule has 0 radical (unpaired) electrons. The van der Waals surface area contributed by atoms with Crippen molar-refractivity contribution >= 4 is 0 Å². The van der Waals surface area contributed by atoms with Crippen molar-refractivity contribution in [3.05, 3.63) is 35.9 Å². The van der Waals surface area contributed by atoms with Crippen LogP contribution in [0.1, 0.15) is 19.4 Å². The van der Waals surface area contributed by atoms with E-state index in [1.54, 1.807) is 0 Å². The zero-order valence-corrected chi connectivity index (χ0v) is 9.31. The van der Waals surface area contributed by atoms with Gasteiger partial charge in [0.1, 0.15) is 6.79 Å². The highest BCUT2D eigenvalue weighted by Gasteiger charge is 2.01. The Hall–Kier alpha value is -0.900. The lowest BCUT2D eigenvalue weighted by molar-refractivity contribution is -0.189. The predicted molar refractivity (Wildman–Crippen MR) is 58.3 cm³/mol. The molecule has 1 aromatic carbocycles. The largest absolute Gasteiger partial charge is 0.356 e. The molecule has 1 unspecified atom stereocenters. The molecule has 1 rings (SSSR count). The van der Waals surface area contributed by atoms with E-state index in [1.807, 2.05) is 44.2 Å². The van der Waals surface area contributed by atoms with E-state index in [1.165, 1.54) is 0 Å². The third-order valence-electron chi connectivity index (χ3n) is 1.92. The van der Waals surface area contributed by atoms with Crippen molar-refractivity contribution in [2.24, 2.45) is 0 Å². The Kier molecular flexibility index (Phi) is 6.00. The van der Waals surface area contributed by atoms with Crippen LogP contribution in [0.4, 0.5) is 0 Å². The van der Waals surface area contributed by atoms with Crippen molar-refractivity contribution in [1.29, 1.82) is 0 Å². The highest BCUT2D eigenvalue weighted by molar-refractivity contribution is 5.13.